The summed E-state index contributed by atoms with van der Waals surface area (Å²) >= 11 is 0. The number of aliphatic hydroxyl groups is 3. The van der Waals surface area contributed by atoms with E-state index in [9.17, 15) is 50.2 Å². The summed E-state index contributed by atoms with van der Waals surface area (Å²) in [5.41, 5.74) is 0.0691. The molecule has 0 aliphatic heterocycles. The van der Waals surface area contributed by atoms with Gasteiger partial charge in [0.05, 0.1) is 38.1 Å². The molecule has 0 aromatic rings. The van der Waals surface area contributed by atoms with E-state index in [1.54, 1.807) is 6.92 Å². The lowest BCUT2D eigenvalue weighted by molar-refractivity contribution is -0.140. The Hall–Kier alpha value is -1.97. The third kappa shape index (κ3) is 12.7. The lowest BCUT2D eigenvalue weighted by Gasteiger charge is -2.33. The van der Waals surface area contributed by atoms with Crippen molar-refractivity contribution in [1.82, 2.24) is 0 Å². The van der Waals surface area contributed by atoms with Crippen molar-refractivity contribution in [2.24, 2.45) is 0 Å². The van der Waals surface area contributed by atoms with Gasteiger partial charge in [0.2, 0.25) is 0 Å². The molecule has 2 rings (SSSR count). The molecule has 0 spiro atoms. The Bertz CT molecular complexity index is 1280. The number of hydrogen-bond donors (Lipinski definition) is 3. The summed E-state index contributed by atoms with van der Waals surface area (Å²) in [7, 11) is -12.4. The number of carbonyl (C=O) groups excluding carboxylic acids is 2. The summed E-state index contributed by atoms with van der Waals surface area (Å²) in [5.74, 6) is -1.41. The molecule has 232 valence electrons. The number of esters is 2. The maximum atomic E-state index is 12.0. The van der Waals surface area contributed by atoms with Gasteiger partial charge in [-0.25, -0.2) is 9.59 Å². The van der Waals surface area contributed by atoms with Crippen molar-refractivity contribution in [3.05, 3.63) is 23.3 Å². The average Bonchev–Trinajstić information content (AvgIpc) is 2.77. The smallest absolute Gasteiger partial charge is 0.333 e. The van der Waals surface area contributed by atoms with Gasteiger partial charge in [0.25, 0.3) is 30.4 Å². The predicted molar refractivity (Wildman–Crippen MR) is 136 cm³/mol. The number of carbonyl (C=O) groups is 2. The van der Waals surface area contributed by atoms with Gasteiger partial charge in [0.15, 0.2) is 0 Å². The SMILES string of the molecule is CCOC(=O)C1=C[C@@H](O)[C@@H](O)[C@H](O)C1.CCOC(=O)C1=C[C@H](OS(C)(=O)=O)[C@@H](OS(C)(=O)=O)[C@H](OS(C)(=O)=O)C1. The zero-order valence-electron chi connectivity index (χ0n) is 22.3. The number of aliphatic hydroxyl groups excluding tert-OH is 3. The highest BCUT2D eigenvalue weighted by Crippen LogP contribution is 2.30. The van der Waals surface area contributed by atoms with E-state index in [0.29, 0.717) is 18.8 Å². The molecular weight excluding hydrogens is 604 g/mol. The molecule has 0 fully saturated rings. The van der Waals surface area contributed by atoms with Crippen molar-refractivity contribution in [3.8, 4) is 0 Å². The van der Waals surface area contributed by atoms with Gasteiger partial charge < -0.3 is 24.8 Å². The molecule has 0 aromatic heterocycles. The first kappa shape index (κ1) is 36.1. The van der Waals surface area contributed by atoms with Crippen LogP contribution in [-0.2, 0) is 62.0 Å². The number of ether oxygens (including phenoxy) is 2. The normalized spacial score (nSPS) is 27.4. The van der Waals surface area contributed by atoms with Gasteiger partial charge in [0, 0.05) is 24.0 Å². The predicted octanol–water partition coefficient (Wildman–Crippen LogP) is -2.12. The molecule has 0 unspecified atom stereocenters. The second kappa shape index (κ2) is 14.8. The third-order valence-corrected chi connectivity index (χ3v) is 6.71. The Morgan fingerprint density at radius 1 is 0.750 bits per heavy atom. The molecule has 3 N–H and O–H groups in total. The monoisotopic (exact) mass is 638 g/mol. The first-order valence-electron chi connectivity index (χ1n) is 11.6. The van der Waals surface area contributed by atoms with E-state index in [0.717, 1.165) is 6.08 Å². The van der Waals surface area contributed by atoms with E-state index in [-0.39, 0.29) is 30.8 Å². The van der Waals surface area contributed by atoms with E-state index in [2.05, 4.69) is 0 Å². The van der Waals surface area contributed by atoms with E-state index in [1.165, 1.54) is 13.0 Å². The number of rotatable bonds is 10. The fourth-order valence-corrected chi connectivity index (χ4v) is 5.35. The van der Waals surface area contributed by atoms with E-state index >= 15 is 0 Å². The van der Waals surface area contributed by atoms with Crippen LogP contribution >= 0.6 is 0 Å². The van der Waals surface area contributed by atoms with Gasteiger partial charge in [0.1, 0.15) is 30.5 Å². The van der Waals surface area contributed by atoms with Gasteiger partial charge in [-0.15, -0.1) is 0 Å². The maximum absolute atomic E-state index is 12.0. The Kier molecular flexibility index (Phi) is 13.3. The van der Waals surface area contributed by atoms with Crippen molar-refractivity contribution < 1.29 is 72.2 Å². The molecule has 2 aliphatic carbocycles. The summed E-state index contributed by atoms with van der Waals surface area (Å²) in [6.45, 7) is 3.45. The Morgan fingerprint density at radius 3 is 1.60 bits per heavy atom. The third-order valence-electron chi connectivity index (χ3n) is 4.97. The zero-order valence-corrected chi connectivity index (χ0v) is 24.8. The maximum Gasteiger partial charge on any atom is 0.333 e. The van der Waals surface area contributed by atoms with E-state index in [1.807, 2.05) is 0 Å². The van der Waals surface area contributed by atoms with Gasteiger partial charge in [-0.05, 0) is 26.0 Å². The fraction of sp³-hybridized carbons (Fsp3) is 0.714. The molecule has 16 nitrogen and oxygen atoms in total. The standard InChI is InChI=1S/C12H20O11S3.C9H14O5/c1-5-20-12(13)8-6-9(21-24(2,14)15)11(23-26(4,18)19)10(7-8)22-25(3,16)17;1-2-14-9(13)5-3-6(10)8(12)7(11)4-5/h6,9-11H,5,7H2,1-4H3;3,6-8,10-12H,2,4H2,1H3/t9-,10+,11+;6-,7-,8-/m01/s1. The van der Waals surface area contributed by atoms with Gasteiger partial charge in [-0.1, -0.05) is 0 Å². The minimum Gasteiger partial charge on any atom is -0.463 e. The minimum atomic E-state index is -4.14. The first-order valence-corrected chi connectivity index (χ1v) is 17.1. The molecule has 0 bridgehead atoms. The Balaban J connectivity index is 0.000000479. The van der Waals surface area contributed by atoms with Crippen LogP contribution in [0.5, 0.6) is 0 Å². The van der Waals surface area contributed by atoms with Crippen molar-refractivity contribution >= 4 is 42.3 Å². The second-order valence-corrected chi connectivity index (χ2v) is 13.5. The molecule has 0 aromatic carbocycles. The van der Waals surface area contributed by atoms with Gasteiger partial charge in [-0.3, -0.25) is 12.5 Å². The molecule has 0 saturated heterocycles. The molecule has 0 heterocycles. The van der Waals surface area contributed by atoms with Crippen LogP contribution in [0.4, 0.5) is 0 Å². The van der Waals surface area contributed by atoms with E-state index in [4.69, 9.17) is 22.0 Å². The zero-order chi connectivity index (χ0) is 31.1. The molecule has 19 heteroatoms. The van der Waals surface area contributed by atoms with Crippen LogP contribution < -0.4 is 0 Å². The summed E-state index contributed by atoms with van der Waals surface area (Å²) in [6, 6.07) is 0. The van der Waals surface area contributed by atoms with Crippen LogP contribution in [0.25, 0.3) is 0 Å². The molecule has 6 atom stereocenters. The highest BCUT2D eigenvalue weighted by molar-refractivity contribution is 7.86. The second-order valence-electron chi connectivity index (χ2n) is 8.65. The lowest BCUT2D eigenvalue weighted by atomic mass is 9.92. The van der Waals surface area contributed by atoms with Gasteiger partial charge >= 0.3 is 11.9 Å². The molecule has 0 radical (unpaired) electrons. The van der Waals surface area contributed by atoms with Crippen LogP contribution in [-0.4, -0.2) is 121 Å². The summed E-state index contributed by atoms with van der Waals surface area (Å²) in [6.07, 6.45) is -4.43. The molecular formula is C21H34O16S3. The lowest BCUT2D eigenvalue weighted by Crippen LogP contribution is -2.48. The van der Waals surface area contributed by atoms with Crippen molar-refractivity contribution in [1.29, 1.82) is 0 Å². The quantitative estimate of drug-likeness (QED) is 0.171. The largest absolute Gasteiger partial charge is 0.463 e. The summed E-state index contributed by atoms with van der Waals surface area (Å²) < 4.78 is 92.7. The van der Waals surface area contributed by atoms with Crippen LogP contribution in [0.15, 0.2) is 23.3 Å². The van der Waals surface area contributed by atoms with Crippen LogP contribution in [0.3, 0.4) is 0 Å². The van der Waals surface area contributed by atoms with Gasteiger partial charge in [-0.2, -0.15) is 25.3 Å². The average molecular weight is 639 g/mol. The van der Waals surface area contributed by atoms with Crippen molar-refractivity contribution in [3.63, 3.8) is 0 Å². The first-order chi connectivity index (χ1) is 18.2. The molecule has 2 aliphatic rings. The van der Waals surface area contributed by atoms with E-state index < -0.39 is 85.3 Å². The number of hydrogen-bond acceptors (Lipinski definition) is 16. The highest BCUT2D eigenvalue weighted by atomic mass is 32.2. The Labute approximate surface area is 232 Å². The minimum absolute atomic E-state index is 0.00857. The van der Waals surface area contributed by atoms with Crippen molar-refractivity contribution in [2.75, 3.05) is 32.0 Å². The van der Waals surface area contributed by atoms with Crippen LogP contribution in [0, 0.1) is 0 Å². The molecule has 40 heavy (non-hydrogen) atoms. The fourth-order valence-electron chi connectivity index (χ4n) is 3.52. The van der Waals surface area contributed by atoms with Crippen LogP contribution in [0.2, 0.25) is 0 Å². The van der Waals surface area contributed by atoms with Crippen molar-refractivity contribution in [2.45, 2.75) is 63.3 Å². The Morgan fingerprint density at radius 2 is 1.20 bits per heavy atom. The highest BCUT2D eigenvalue weighted by Gasteiger charge is 2.43. The molecule has 0 amide bonds. The topological polar surface area (TPSA) is 243 Å². The van der Waals surface area contributed by atoms with Crippen LogP contribution in [0.1, 0.15) is 26.7 Å². The molecule has 0 saturated carbocycles. The summed E-state index contributed by atoms with van der Waals surface area (Å²) in [4.78, 5) is 23.2. The summed E-state index contributed by atoms with van der Waals surface area (Å²) in [5, 5.41) is 27.7.